The van der Waals surface area contributed by atoms with E-state index in [0.29, 0.717) is 5.25 Å². The molecule has 0 saturated carbocycles. The molecule has 0 bridgehead atoms. The lowest BCUT2D eigenvalue weighted by Crippen LogP contribution is -2.00. The smallest absolute Gasteiger partial charge is 0.355 e. The molecular weight excluding hydrogens is 222 g/mol. The van der Waals surface area contributed by atoms with Crippen molar-refractivity contribution in [1.29, 1.82) is 0 Å². The minimum absolute atomic E-state index is 0.136. The number of hydrogen-bond acceptors (Lipinski definition) is 5. The molecule has 1 aliphatic rings. The Kier molecular flexibility index (Phi) is 3.05. The van der Waals surface area contributed by atoms with Crippen LogP contribution in [-0.4, -0.2) is 34.5 Å². The number of nitrogens with zero attached hydrogens (tertiary/aromatic N) is 1. The van der Waals surface area contributed by atoms with Crippen molar-refractivity contribution >= 4 is 29.1 Å². The van der Waals surface area contributed by atoms with Crippen molar-refractivity contribution in [2.24, 2.45) is 0 Å². The fraction of sp³-hybridized carbons (Fsp3) is 0.500. The third-order valence-corrected chi connectivity index (χ3v) is 4.07. The second-order valence-corrected chi connectivity index (χ2v) is 5.31. The Bertz CT molecular complexity index is 333. The zero-order chi connectivity index (χ0) is 9.97. The molecule has 14 heavy (non-hydrogen) atoms. The second-order valence-electron chi connectivity index (χ2n) is 2.91. The van der Waals surface area contributed by atoms with Gasteiger partial charge in [-0.2, -0.15) is 0 Å². The molecule has 2 heterocycles. The van der Waals surface area contributed by atoms with Gasteiger partial charge in [-0.15, -0.1) is 11.3 Å². The molecule has 1 atom stereocenters. The van der Waals surface area contributed by atoms with Crippen LogP contribution < -0.4 is 0 Å². The van der Waals surface area contributed by atoms with Gasteiger partial charge in [-0.25, -0.2) is 9.78 Å². The van der Waals surface area contributed by atoms with Crippen molar-refractivity contribution in [1.82, 2.24) is 4.98 Å². The van der Waals surface area contributed by atoms with E-state index in [4.69, 9.17) is 9.84 Å². The summed E-state index contributed by atoms with van der Waals surface area (Å²) >= 11 is 2.99. The molecule has 2 rings (SSSR count). The van der Waals surface area contributed by atoms with Crippen LogP contribution in [0.15, 0.2) is 9.72 Å². The van der Waals surface area contributed by atoms with E-state index < -0.39 is 5.97 Å². The Labute approximate surface area is 89.3 Å². The van der Waals surface area contributed by atoms with Crippen molar-refractivity contribution in [2.45, 2.75) is 16.0 Å². The standard InChI is InChI=1S/C8H9NO3S2/c10-7(11)6-4-13-8(9-6)14-5-1-2-12-3-5/h4-5H,1-3H2,(H,10,11). The summed E-state index contributed by atoms with van der Waals surface area (Å²) < 4.78 is 6.04. The summed E-state index contributed by atoms with van der Waals surface area (Å²) in [6, 6.07) is 0. The lowest BCUT2D eigenvalue weighted by atomic mass is 10.4. The SMILES string of the molecule is O=C(O)c1csc(SC2CCOC2)n1. The second kappa shape index (κ2) is 4.29. The Hall–Kier alpha value is -0.590. The molecule has 1 aliphatic heterocycles. The van der Waals surface area contributed by atoms with E-state index in [1.165, 1.54) is 11.3 Å². The number of rotatable bonds is 3. The Morgan fingerprint density at radius 1 is 1.79 bits per heavy atom. The van der Waals surface area contributed by atoms with E-state index in [1.54, 1.807) is 17.1 Å². The lowest BCUT2D eigenvalue weighted by Gasteiger charge is -2.01. The predicted molar refractivity (Wildman–Crippen MR) is 54.2 cm³/mol. The third-order valence-electron chi connectivity index (χ3n) is 1.86. The van der Waals surface area contributed by atoms with E-state index in [-0.39, 0.29) is 5.69 Å². The predicted octanol–water partition coefficient (Wildman–Crippen LogP) is 1.72. The fourth-order valence-corrected chi connectivity index (χ4v) is 3.26. The molecule has 76 valence electrons. The summed E-state index contributed by atoms with van der Waals surface area (Å²) in [5.74, 6) is -0.962. The number of carbonyl (C=O) groups is 1. The summed E-state index contributed by atoms with van der Waals surface area (Å²) in [7, 11) is 0. The maximum Gasteiger partial charge on any atom is 0.355 e. The average molecular weight is 231 g/mol. The van der Waals surface area contributed by atoms with Crippen molar-refractivity contribution in [3.63, 3.8) is 0 Å². The summed E-state index contributed by atoms with van der Waals surface area (Å²) in [5, 5.41) is 10.7. The Morgan fingerprint density at radius 2 is 2.64 bits per heavy atom. The molecule has 0 amide bonds. The first kappa shape index (κ1) is 9.95. The minimum Gasteiger partial charge on any atom is -0.476 e. The number of carboxylic acids is 1. The van der Waals surface area contributed by atoms with Crippen molar-refractivity contribution in [3.8, 4) is 0 Å². The van der Waals surface area contributed by atoms with Gasteiger partial charge in [0.2, 0.25) is 0 Å². The maximum atomic E-state index is 10.6. The van der Waals surface area contributed by atoms with Crippen LogP contribution in [0.2, 0.25) is 0 Å². The number of aromatic nitrogens is 1. The van der Waals surface area contributed by atoms with Gasteiger partial charge in [-0.3, -0.25) is 0 Å². The van der Waals surface area contributed by atoms with E-state index in [0.717, 1.165) is 24.0 Å². The molecular formula is C8H9NO3S2. The first-order valence-corrected chi connectivity index (χ1v) is 5.95. The first-order valence-electron chi connectivity index (χ1n) is 4.19. The number of hydrogen-bond donors (Lipinski definition) is 1. The number of aromatic carboxylic acids is 1. The number of ether oxygens (including phenoxy) is 1. The van der Waals surface area contributed by atoms with Crippen LogP contribution in [0.1, 0.15) is 16.9 Å². The van der Waals surface area contributed by atoms with Crippen LogP contribution in [0.5, 0.6) is 0 Å². The molecule has 1 aromatic heterocycles. The minimum atomic E-state index is -0.962. The van der Waals surface area contributed by atoms with E-state index in [1.807, 2.05) is 0 Å². The fourth-order valence-electron chi connectivity index (χ4n) is 1.16. The molecule has 0 aliphatic carbocycles. The summed E-state index contributed by atoms with van der Waals surface area (Å²) in [4.78, 5) is 14.6. The van der Waals surface area contributed by atoms with Crippen LogP contribution in [0, 0.1) is 0 Å². The molecule has 4 nitrogen and oxygen atoms in total. The zero-order valence-electron chi connectivity index (χ0n) is 7.30. The quantitative estimate of drug-likeness (QED) is 0.858. The lowest BCUT2D eigenvalue weighted by molar-refractivity contribution is 0.0691. The molecule has 1 saturated heterocycles. The molecule has 1 N–H and O–H groups in total. The van der Waals surface area contributed by atoms with Gasteiger partial charge in [0.05, 0.1) is 6.61 Å². The molecule has 6 heteroatoms. The number of thiazole rings is 1. The highest BCUT2D eigenvalue weighted by molar-refractivity contribution is 8.01. The largest absolute Gasteiger partial charge is 0.476 e. The highest BCUT2D eigenvalue weighted by Gasteiger charge is 2.19. The van der Waals surface area contributed by atoms with Crippen molar-refractivity contribution in [2.75, 3.05) is 13.2 Å². The van der Waals surface area contributed by atoms with Crippen LogP contribution in [-0.2, 0) is 4.74 Å². The molecule has 0 radical (unpaired) electrons. The molecule has 0 aromatic carbocycles. The third kappa shape index (κ3) is 2.26. The van der Waals surface area contributed by atoms with E-state index >= 15 is 0 Å². The Morgan fingerprint density at radius 3 is 3.21 bits per heavy atom. The van der Waals surface area contributed by atoms with E-state index in [2.05, 4.69) is 4.98 Å². The van der Waals surface area contributed by atoms with Gasteiger partial charge in [0.25, 0.3) is 0 Å². The van der Waals surface area contributed by atoms with Crippen LogP contribution in [0.25, 0.3) is 0 Å². The zero-order valence-corrected chi connectivity index (χ0v) is 8.94. The van der Waals surface area contributed by atoms with Gasteiger partial charge >= 0.3 is 5.97 Å². The Balaban J connectivity index is 1.98. The van der Waals surface area contributed by atoms with Crippen molar-refractivity contribution < 1.29 is 14.6 Å². The topological polar surface area (TPSA) is 59.4 Å². The number of carboxylic acid groups (broad SMARTS) is 1. The summed E-state index contributed by atoms with van der Waals surface area (Å²) in [6.07, 6.45) is 1.02. The van der Waals surface area contributed by atoms with Gasteiger partial charge in [-0.1, -0.05) is 11.8 Å². The van der Waals surface area contributed by atoms with Gasteiger partial charge in [0.1, 0.15) is 0 Å². The molecule has 1 aromatic rings. The molecule has 0 spiro atoms. The van der Waals surface area contributed by atoms with Crippen LogP contribution >= 0.6 is 23.1 Å². The average Bonchev–Trinajstić information content (AvgIpc) is 2.75. The summed E-state index contributed by atoms with van der Waals surface area (Å²) in [6.45, 7) is 1.54. The van der Waals surface area contributed by atoms with Crippen LogP contribution in [0.3, 0.4) is 0 Å². The van der Waals surface area contributed by atoms with E-state index in [9.17, 15) is 4.79 Å². The highest BCUT2D eigenvalue weighted by Crippen LogP contribution is 2.30. The van der Waals surface area contributed by atoms with Crippen LogP contribution in [0.4, 0.5) is 0 Å². The van der Waals surface area contributed by atoms with Crippen molar-refractivity contribution in [3.05, 3.63) is 11.1 Å². The normalized spacial score (nSPS) is 21.3. The van der Waals surface area contributed by atoms with Gasteiger partial charge in [-0.05, 0) is 6.42 Å². The monoisotopic (exact) mass is 231 g/mol. The van der Waals surface area contributed by atoms with Gasteiger partial charge in [0, 0.05) is 17.2 Å². The number of thioether (sulfide) groups is 1. The highest BCUT2D eigenvalue weighted by atomic mass is 32.2. The van der Waals surface area contributed by atoms with Gasteiger partial charge < -0.3 is 9.84 Å². The molecule has 1 fully saturated rings. The summed E-state index contributed by atoms with van der Waals surface area (Å²) in [5.41, 5.74) is 0.136. The first-order chi connectivity index (χ1) is 6.75. The maximum absolute atomic E-state index is 10.6. The molecule has 1 unspecified atom stereocenters. The van der Waals surface area contributed by atoms with Gasteiger partial charge in [0.15, 0.2) is 10.0 Å².